The summed E-state index contributed by atoms with van der Waals surface area (Å²) >= 11 is 0. The Hall–Kier alpha value is -10.9. The highest BCUT2D eigenvalue weighted by Gasteiger charge is 2.46. The van der Waals surface area contributed by atoms with E-state index in [0.29, 0.717) is 0 Å². The molecule has 0 spiro atoms. The second-order valence-corrected chi connectivity index (χ2v) is 30.0. The number of hydrogen-bond acceptors (Lipinski definition) is 3. The molecule has 0 saturated heterocycles. The van der Waals surface area contributed by atoms with Gasteiger partial charge in [-0.3, -0.25) is 0 Å². The molecule has 2 aliphatic heterocycles. The molecule has 0 amide bonds. The first-order chi connectivity index (χ1) is 47.1. The monoisotopic (exact) mass is 1250 g/mol. The lowest BCUT2D eigenvalue weighted by atomic mass is 9.33. The van der Waals surface area contributed by atoms with Crippen LogP contribution in [0, 0.1) is 0 Å². The number of hydrogen-bond donors (Lipinski definition) is 0. The summed E-state index contributed by atoms with van der Waals surface area (Å²) < 4.78 is 2.49. The lowest BCUT2D eigenvalue weighted by molar-refractivity contribution is 0.590. The molecule has 1 aliphatic carbocycles. The van der Waals surface area contributed by atoms with Crippen molar-refractivity contribution < 1.29 is 0 Å². The minimum absolute atomic E-state index is 0.0995. The number of nitrogens with zero attached hydrogens (tertiary/aromatic N) is 4. The van der Waals surface area contributed by atoms with Crippen LogP contribution in [-0.4, -0.2) is 11.3 Å². The van der Waals surface area contributed by atoms with Crippen molar-refractivity contribution >= 4 is 112 Å². The third-order valence-electron chi connectivity index (χ3n) is 20.8. The van der Waals surface area contributed by atoms with Gasteiger partial charge >= 0.3 is 0 Å². The van der Waals surface area contributed by atoms with Gasteiger partial charge in [-0.1, -0.05) is 269 Å². The van der Waals surface area contributed by atoms with Crippen LogP contribution in [0.4, 0.5) is 45.5 Å². The number of para-hydroxylation sites is 3. The van der Waals surface area contributed by atoms with Crippen molar-refractivity contribution in [1.29, 1.82) is 0 Å². The van der Waals surface area contributed by atoms with Crippen molar-refractivity contribution in [3.8, 4) is 39.1 Å². The number of rotatable bonds is 9. The summed E-state index contributed by atoms with van der Waals surface area (Å²) in [6, 6.07) is 104. The Labute approximate surface area is 571 Å². The highest BCUT2D eigenvalue weighted by molar-refractivity contribution is 7.00. The Morgan fingerprint density at radius 2 is 0.814 bits per heavy atom. The molecule has 14 aromatic rings. The fourth-order valence-electron chi connectivity index (χ4n) is 16.0. The van der Waals surface area contributed by atoms with Crippen molar-refractivity contribution in [2.45, 2.75) is 91.4 Å². The third-order valence-corrected chi connectivity index (χ3v) is 20.8. The predicted molar refractivity (Wildman–Crippen MR) is 417 cm³/mol. The minimum atomic E-state index is -0.264. The van der Waals surface area contributed by atoms with Crippen LogP contribution in [0.15, 0.2) is 297 Å². The molecule has 470 valence electrons. The number of benzene rings is 13. The molecule has 3 heterocycles. The molecule has 0 saturated carbocycles. The first-order valence-corrected chi connectivity index (χ1v) is 34.7. The van der Waals surface area contributed by atoms with Gasteiger partial charge in [0, 0.05) is 72.5 Å². The van der Waals surface area contributed by atoms with Gasteiger partial charge < -0.3 is 19.3 Å². The van der Waals surface area contributed by atoms with Gasteiger partial charge in [-0.15, -0.1) is 0 Å². The number of anilines is 8. The zero-order chi connectivity index (χ0) is 66.1. The molecule has 0 atom stereocenters. The average molecular weight is 1250 g/mol. The van der Waals surface area contributed by atoms with E-state index in [0.717, 1.165) is 41.3 Å². The molecule has 5 heteroatoms. The van der Waals surface area contributed by atoms with Crippen LogP contribution < -0.4 is 31.1 Å². The number of allylic oxidation sites excluding steroid dienone is 4. The number of fused-ring (bicyclic) bond motifs is 9. The maximum Gasteiger partial charge on any atom is 0.252 e. The lowest BCUT2D eigenvalue weighted by Crippen LogP contribution is -2.61. The molecule has 3 aliphatic rings. The number of aromatic nitrogens is 1. The van der Waals surface area contributed by atoms with E-state index in [-0.39, 0.29) is 23.0 Å². The molecule has 0 radical (unpaired) electrons. The van der Waals surface area contributed by atoms with Gasteiger partial charge in [0.1, 0.15) is 0 Å². The first kappa shape index (κ1) is 59.8. The second kappa shape index (κ2) is 22.9. The highest BCUT2D eigenvalue weighted by Crippen LogP contribution is 2.54. The fraction of sp³-hybridized carbons (Fsp3) is 0.152. The Balaban J connectivity index is 1.00. The van der Waals surface area contributed by atoms with Crippen molar-refractivity contribution in [3.05, 3.63) is 314 Å². The van der Waals surface area contributed by atoms with Gasteiger partial charge in [0.15, 0.2) is 0 Å². The van der Waals surface area contributed by atoms with E-state index in [4.69, 9.17) is 0 Å². The second-order valence-electron chi connectivity index (χ2n) is 30.0. The van der Waals surface area contributed by atoms with Gasteiger partial charge in [-0.2, -0.15) is 0 Å². The minimum Gasteiger partial charge on any atom is -0.313 e. The molecule has 0 bridgehead atoms. The molecule has 13 aromatic carbocycles. The first-order valence-electron chi connectivity index (χ1n) is 34.7. The quantitative estimate of drug-likeness (QED) is 0.106. The zero-order valence-electron chi connectivity index (χ0n) is 57.0. The van der Waals surface area contributed by atoms with Crippen molar-refractivity contribution in [2.75, 3.05) is 14.7 Å². The molecule has 0 fully saturated rings. The Morgan fingerprint density at radius 3 is 1.31 bits per heavy atom. The molecular weight excluding hydrogens is 1170 g/mol. The van der Waals surface area contributed by atoms with Crippen molar-refractivity contribution in [3.63, 3.8) is 0 Å². The molecule has 17 rings (SSSR count). The third kappa shape index (κ3) is 9.95. The van der Waals surface area contributed by atoms with Crippen LogP contribution in [0.2, 0.25) is 0 Å². The van der Waals surface area contributed by atoms with E-state index < -0.39 is 0 Å². The summed E-state index contributed by atoms with van der Waals surface area (Å²) in [5.74, 6) is 0. The van der Waals surface area contributed by atoms with Crippen LogP contribution in [0.5, 0.6) is 0 Å². The SMILES string of the molecule is CC(C)(C)c1ccc(N2c3cc(-c4c5ccccc5c(N(C5=CC=CCC5)c5ccccc5)c5ccccc45)ccc3B3c4ccc(-n5c6ccccc6c6ccccc65)cc4N(c4ccc(C(C)(C)C)cc4-c4ccccc4)c4cc(C(C)(C)C)cc2c43)c(-c2ccccc2)c1. The van der Waals surface area contributed by atoms with E-state index in [1.54, 1.807) is 0 Å². The lowest BCUT2D eigenvalue weighted by Gasteiger charge is -2.46. The summed E-state index contributed by atoms with van der Waals surface area (Å²) in [4.78, 5) is 7.90. The van der Waals surface area contributed by atoms with Gasteiger partial charge in [0.2, 0.25) is 0 Å². The summed E-state index contributed by atoms with van der Waals surface area (Å²) in [5, 5.41) is 7.34. The van der Waals surface area contributed by atoms with E-state index in [2.05, 4.69) is 373 Å². The Bertz CT molecular complexity index is 5430. The summed E-state index contributed by atoms with van der Waals surface area (Å²) in [7, 11) is 0. The standard InChI is InChI=1S/C92H79BN4/c1-90(2,3)63-47-52-81(75(55-63)60-30-14-10-15-31-60)96-83-54-62(87-71-40-22-24-42-73(71)89(74-43-25-23-41-72(74)87)94(66-34-18-12-19-35-66)67-36-20-13-21-37-67)46-50-77(83)93-78-51-49-68(95-79-44-28-26-38-69(79)70-39-27-29-45-80(70)95)59-84(78)97(86-58-65(92(7,8)9)57-85(96)88(86)93)82-53-48-64(91(4,5)6)56-76(82)61-32-16-11-17-33-61/h10-20,22-36,38-59H,21,37H2,1-9H3. The maximum atomic E-state index is 2.69. The Kier molecular flexibility index (Phi) is 14.1. The van der Waals surface area contributed by atoms with Gasteiger partial charge in [-0.05, 0) is 180 Å². The highest BCUT2D eigenvalue weighted by atomic mass is 15.2. The maximum absolute atomic E-state index is 2.69. The molecule has 0 N–H and O–H groups in total. The fourth-order valence-corrected chi connectivity index (χ4v) is 16.0. The van der Waals surface area contributed by atoms with E-state index in [1.165, 1.54) is 138 Å². The largest absolute Gasteiger partial charge is 0.313 e. The zero-order valence-corrected chi connectivity index (χ0v) is 57.0. The molecule has 0 unspecified atom stereocenters. The van der Waals surface area contributed by atoms with Crippen molar-refractivity contribution in [1.82, 2.24) is 4.57 Å². The van der Waals surface area contributed by atoms with Crippen LogP contribution in [0.1, 0.15) is 91.8 Å². The predicted octanol–water partition coefficient (Wildman–Crippen LogP) is 23.4. The molecule has 4 nitrogen and oxygen atoms in total. The summed E-state index contributed by atoms with van der Waals surface area (Å²) in [6.07, 6.45) is 8.77. The summed E-state index contributed by atoms with van der Waals surface area (Å²) in [6.45, 7) is 21.0. The van der Waals surface area contributed by atoms with Gasteiger partial charge in [-0.25, -0.2) is 0 Å². The topological polar surface area (TPSA) is 14.7 Å². The van der Waals surface area contributed by atoms with Crippen LogP contribution in [0.25, 0.3) is 82.4 Å². The van der Waals surface area contributed by atoms with E-state index in [1.807, 2.05) is 0 Å². The van der Waals surface area contributed by atoms with Crippen LogP contribution in [0.3, 0.4) is 0 Å². The smallest absolute Gasteiger partial charge is 0.252 e. The molecule has 97 heavy (non-hydrogen) atoms. The summed E-state index contributed by atoms with van der Waals surface area (Å²) in [5.41, 5.74) is 28.4. The van der Waals surface area contributed by atoms with E-state index >= 15 is 0 Å². The van der Waals surface area contributed by atoms with Crippen LogP contribution >= 0.6 is 0 Å². The van der Waals surface area contributed by atoms with Gasteiger partial charge in [0.05, 0.1) is 28.1 Å². The van der Waals surface area contributed by atoms with Gasteiger partial charge in [0.25, 0.3) is 6.71 Å². The normalized spacial score (nSPS) is 13.7. The molecular formula is C92H79BN4. The molecule has 1 aromatic heterocycles. The Morgan fingerprint density at radius 1 is 0.361 bits per heavy atom. The average Bonchev–Trinajstić information content (AvgIpc) is 0.831. The van der Waals surface area contributed by atoms with E-state index in [9.17, 15) is 0 Å². The van der Waals surface area contributed by atoms with Crippen LogP contribution in [-0.2, 0) is 16.2 Å². The van der Waals surface area contributed by atoms with Crippen molar-refractivity contribution in [2.24, 2.45) is 0 Å².